The number of benzene rings is 1. The van der Waals surface area contributed by atoms with Crippen LogP contribution in [0.5, 0.6) is 0 Å². The van der Waals surface area contributed by atoms with Gasteiger partial charge in [0.15, 0.2) is 0 Å². The Morgan fingerprint density at radius 3 is 3.00 bits per heavy atom. The Hall–Kier alpha value is -0.710. The maximum Gasteiger partial charge on any atom is 0.234 e. The van der Waals surface area contributed by atoms with Gasteiger partial charge < -0.3 is 11.1 Å². The second-order valence-electron chi connectivity index (χ2n) is 3.30. The van der Waals surface area contributed by atoms with Crippen LogP contribution in [-0.4, -0.2) is 24.0 Å². The monoisotopic (exact) mass is 258 g/mol. The van der Waals surface area contributed by atoms with Gasteiger partial charge in [0.2, 0.25) is 5.91 Å². The van der Waals surface area contributed by atoms with Crippen LogP contribution in [0.3, 0.4) is 0 Å². The topological polar surface area (TPSA) is 55.1 Å². The molecule has 0 aliphatic rings. The number of rotatable bonds is 5. The molecule has 0 aliphatic heterocycles. The number of carbonyl (C=O) groups is 1. The molecule has 0 fully saturated rings. The second-order valence-corrected chi connectivity index (χ2v) is 4.81. The first-order valence-electron chi connectivity index (χ1n) is 4.98. The van der Waals surface area contributed by atoms with Crippen molar-refractivity contribution in [2.45, 2.75) is 6.92 Å². The first-order valence-corrected chi connectivity index (χ1v) is 6.51. The number of hydrogen-bond donors (Lipinski definition) is 2. The summed E-state index contributed by atoms with van der Waals surface area (Å²) in [5, 5.41) is 3.48. The zero-order chi connectivity index (χ0) is 12.0. The third-order valence-corrected chi connectivity index (χ3v) is 3.44. The Kier molecular flexibility index (Phi) is 5.66. The number of halogens is 1. The lowest BCUT2D eigenvalue weighted by molar-refractivity contribution is -0.113. The summed E-state index contributed by atoms with van der Waals surface area (Å²) < 4.78 is 0. The van der Waals surface area contributed by atoms with E-state index in [1.165, 1.54) is 11.8 Å². The molecule has 16 heavy (non-hydrogen) atoms. The van der Waals surface area contributed by atoms with Crippen molar-refractivity contribution in [3.63, 3.8) is 0 Å². The molecule has 0 unspecified atom stereocenters. The molecule has 0 aliphatic carbocycles. The smallest absolute Gasteiger partial charge is 0.234 e. The van der Waals surface area contributed by atoms with Gasteiger partial charge in [-0.1, -0.05) is 17.7 Å². The van der Waals surface area contributed by atoms with Gasteiger partial charge in [-0.15, -0.1) is 0 Å². The Morgan fingerprint density at radius 1 is 1.56 bits per heavy atom. The van der Waals surface area contributed by atoms with Gasteiger partial charge in [-0.25, -0.2) is 0 Å². The van der Waals surface area contributed by atoms with Crippen LogP contribution < -0.4 is 11.1 Å². The maximum atomic E-state index is 11.5. The molecule has 5 heteroatoms. The van der Waals surface area contributed by atoms with E-state index < -0.39 is 0 Å². The number of nitrogens with two attached hydrogens (primary N) is 1. The number of amides is 1. The summed E-state index contributed by atoms with van der Waals surface area (Å²) in [5.41, 5.74) is 7.00. The summed E-state index contributed by atoms with van der Waals surface area (Å²) in [6, 6.07) is 5.46. The van der Waals surface area contributed by atoms with Crippen molar-refractivity contribution in [3.05, 3.63) is 28.8 Å². The molecule has 0 radical (unpaired) electrons. The molecule has 1 aromatic carbocycles. The van der Waals surface area contributed by atoms with Crippen molar-refractivity contribution >= 4 is 35.0 Å². The molecular formula is C11H15ClN2OS. The van der Waals surface area contributed by atoms with Gasteiger partial charge >= 0.3 is 0 Å². The van der Waals surface area contributed by atoms with Crippen LogP contribution in [0.1, 0.15) is 5.56 Å². The van der Waals surface area contributed by atoms with Crippen molar-refractivity contribution in [1.82, 2.24) is 0 Å². The zero-order valence-electron chi connectivity index (χ0n) is 9.13. The molecule has 1 amide bonds. The van der Waals surface area contributed by atoms with E-state index in [2.05, 4.69) is 5.32 Å². The number of nitrogens with one attached hydrogen (secondary N) is 1. The maximum absolute atomic E-state index is 11.5. The first kappa shape index (κ1) is 13.4. The third kappa shape index (κ3) is 4.04. The Morgan fingerprint density at radius 2 is 2.31 bits per heavy atom. The lowest BCUT2D eigenvalue weighted by Crippen LogP contribution is -2.16. The fourth-order valence-corrected chi connectivity index (χ4v) is 1.92. The highest BCUT2D eigenvalue weighted by Crippen LogP contribution is 2.22. The van der Waals surface area contributed by atoms with E-state index in [4.69, 9.17) is 17.3 Å². The Bertz CT molecular complexity index is 371. The van der Waals surface area contributed by atoms with Gasteiger partial charge in [-0.3, -0.25) is 4.79 Å². The van der Waals surface area contributed by atoms with E-state index in [0.29, 0.717) is 17.3 Å². The molecule has 0 saturated carbocycles. The van der Waals surface area contributed by atoms with Crippen LogP contribution in [0.4, 0.5) is 5.69 Å². The van der Waals surface area contributed by atoms with Crippen LogP contribution in [0.15, 0.2) is 18.2 Å². The van der Waals surface area contributed by atoms with Crippen LogP contribution >= 0.6 is 23.4 Å². The minimum absolute atomic E-state index is 0.0242. The molecular weight excluding hydrogens is 244 g/mol. The predicted octanol–water partition coefficient (Wildman–Crippen LogP) is 2.28. The summed E-state index contributed by atoms with van der Waals surface area (Å²) in [4.78, 5) is 11.5. The fraction of sp³-hybridized carbons (Fsp3) is 0.364. The molecule has 88 valence electrons. The van der Waals surface area contributed by atoms with Gasteiger partial charge in [-0.05, 0) is 24.6 Å². The minimum Gasteiger partial charge on any atom is -0.330 e. The van der Waals surface area contributed by atoms with E-state index in [0.717, 1.165) is 17.0 Å². The van der Waals surface area contributed by atoms with E-state index in [1.807, 2.05) is 19.1 Å². The molecule has 3 N–H and O–H groups in total. The molecule has 0 spiro atoms. The summed E-state index contributed by atoms with van der Waals surface area (Å²) in [6.45, 7) is 2.47. The van der Waals surface area contributed by atoms with Crippen LogP contribution in [0.25, 0.3) is 0 Å². The molecule has 0 bridgehead atoms. The Labute approximate surface area is 105 Å². The highest BCUT2D eigenvalue weighted by Gasteiger charge is 2.06. The largest absolute Gasteiger partial charge is 0.330 e. The normalized spacial score (nSPS) is 10.2. The van der Waals surface area contributed by atoms with E-state index >= 15 is 0 Å². The lowest BCUT2D eigenvalue weighted by Gasteiger charge is -2.09. The predicted molar refractivity (Wildman–Crippen MR) is 71.2 cm³/mol. The summed E-state index contributed by atoms with van der Waals surface area (Å²) in [7, 11) is 0. The highest BCUT2D eigenvalue weighted by molar-refractivity contribution is 7.99. The molecule has 1 rings (SSSR count). The number of hydrogen-bond acceptors (Lipinski definition) is 3. The number of anilines is 1. The van der Waals surface area contributed by atoms with Gasteiger partial charge in [0.25, 0.3) is 0 Å². The highest BCUT2D eigenvalue weighted by atomic mass is 35.5. The van der Waals surface area contributed by atoms with Gasteiger partial charge in [0.05, 0.1) is 5.75 Å². The third-order valence-electron chi connectivity index (χ3n) is 2.04. The SMILES string of the molecule is Cc1c(Cl)cccc1NC(=O)CSCCN. The van der Waals surface area contributed by atoms with Crippen molar-refractivity contribution in [1.29, 1.82) is 0 Å². The minimum atomic E-state index is -0.0242. The van der Waals surface area contributed by atoms with Crippen LogP contribution in [0.2, 0.25) is 5.02 Å². The summed E-state index contributed by atoms with van der Waals surface area (Å²) >= 11 is 7.47. The lowest BCUT2D eigenvalue weighted by atomic mass is 10.2. The molecule has 0 saturated heterocycles. The van der Waals surface area contributed by atoms with Crippen molar-refractivity contribution < 1.29 is 4.79 Å². The molecule has 3 nitrogen and oxygen atoms in total. The van der Waals surface area contributed by atoms with Crippen molar-refractivity contribution in [3.8, 4) is 0 Å². The molecule has 1 aromatic rings. The fourth-order valence-electron chi connectivity index (χ4n) is 1.18. The standard InChI is InChI=1S/C11H15ClN2OS/c1-8-9(12)3-2-4-10(8)14-11(15)7-16-6-5-13/h2-4H,5-7,13H2,1H3,(H,14,15). The van der Waals surface area contributed by atoms with E-state index in [9.17, 15) is 4.79 Å². The number of carbonyl (C=O) groups excluding carboxylic acids is 1. The van der Waals surface area contributed by atoms with Crippen LogP contribution in [-0.2, 0) is 4.79 Å². The molecule has 0 heterocycles. The van der Waals surface area contributed by atoms with E-state index in [1.54, 1.807) is 6.07 Å². The summed E-state index contributed by atoms with van der Waals surface area (Å²) in [5.74, 6) is 1.19. The van der Waals surface area contributed by atoms with Crippen LogP contribution in [0, 0.1) is 6.92 Å². The van der Waals surface area contributed by atoms with Crippen molar-refractivity contribution in [2.24, 2.45) is 5.73 Å². The van der Waals surface area contributed by atoms with Crippen molar-refractivity contribution in [2.75, 3.05) is 23.4 Å². The number of thioether (sulfide) groups is 1. The average Bonchev–Trinajstić information content (AvgIpc) is 2.25. The first-order chi connectivity index (χ1) is 7.65. The van der Waals surface area contributed by atoms with Gasteiger partial charge in [0.1, 0.15) is 0 Å². The summed E-state index contributed by atoms with van der Waals surface area (Å²) in [6.07, 6.45) is 0. The molecule has 0 aromatic heterocycles. The average molecular weight is 259 g/mol. The second kappa shape index (κ2) is 6.78. The van der Waals surface area contributed by atoms with E-state index in [-0.39, 0.29) is 5.91 Å². The molecule has 0 atom stereocenters. The van der Waals surface area contributed by atoms with Gasteiger partial charge in [0, 0.05) is 23.0 Å². The quantitative estimate of drug-likeness (QED) is 0.797. The zero-order valence-corrected chi connectivity index (χ0v) is 10.7. The van der Waals surface area contributed by atoms with Gasteiger partial charge in [-0.2, -0.15) is 11.8 Å². The Balaban J connectivity index is 2.53.